The fourth-order valence-electron chi connectivity index (χ4n) is 5.01. The molecule has 0 saturated heterocycles. The van der Waals surface area contributed by atoms with E-state index in [9.17, 15) is 0 Å². The van der Waals surface area contributed by atoms with E-state index in [0.717, 1.165) is 56.8 Å². The minimum absolute atomic E-state index is 0.161. The Balaban J connectivity index is 1.51. The third-order valence-electron chi connectivity index (χ3n) is 6.73. The molecule has 2 aromatic carbocycles. The Morgan fingerprint density at radius 3 is 2.56 bits per heavy atom. The predicted octanol–water partition coefficient (Wildman–Crippen LogP) is 9.76. The van der Waals surface area contributed by atoms with Gasteiger partial charge in [-0.05, 0) is 85.4 Å². The van der Waals surface area contributed by atoms with Crippen molar-refractivity contribution < 1.29 is 0 Å². The summed E-state index contributed by atoms with van der Waals surface area (Å²) >= 11 is 1.82. The van der Waals surface area contributed by atoms with Crippen LogP contribution in [0.2, 0.25) is 0 Å². The predicted molar refractivity (Wildman–Crippen MR) is 170 cm³/mol. The van der Waals surface area contributed by atoms with Crippen LogP contribution < -0.4 is 5.32 Å². The van der Waals surface area contributed by atoms with E-state index in [-0.39, 0.29) is 5.41 Å². The Labute approximate surface area is 234 Å². The smallest absolute Gasteiger partial charge is 0.116 e. The van der Waals surface area contributed by atoms with Gasteiger partial charge in [0.05, 0.1) is 11.2 Å². The number of aromatic amines is 2. The maximum atomic E-state index is 4.72. The summed E-state index contributed by atoms with van der Waals surface area (Å²) in [6.07, 6.45) is 6.97. The van der Waals surface area contributed by atoms with Gasteiger partial charge in [0.1, 0.15) is 5.69 Å². The van der Waals surface area contributed by atoms with E-state index in [1.165, 1.54) is 20.7 Å². The van der Waals surface area contributed by atoms with Crippen LogP contribution in [0.15, 0.2) is 97.4 Å². The summed E-state index contributed by atoms with van der Waals surface area (Å²) in [6.45, 7) is 19.1. The molecule has 4 nitrogen and oxygen atoms in total. The second kappa shape index (κ2) is 10.6. The van der Waals surface area contributed by atoms with Gasteiger partial charge in [0.25, 0.3) is 0 Å². The van der Waals surface area contributed by atoms with Gasteiger partial charge < -0.3 is 10.3 Å². The highest BCUT2D eigenvalue weighted by atomic mass is 32.1. The van der Waals surface area contributed by atoms with Crippen molar-refractivity contribution in [2.24, 2.45) is 5.41 Å². The third-order valence-corrected chi connectivity index (χ3v) is 7.76. The molecule has 0 amide bonds. The molecular weight excluding hydrogens is 496 g/mol. The Morgan fingerprint density at radius 1 is 1.05 bits per heavy atom. The van der Waals surface area contributed by atoms with Crippen molar-refractivity contribution >= 4 is 38.7 Å². The van der Waals surface area contributed by atoms with Gasteiger partial charge >= 0.3 is 0 Å². The van der Waals surface area contributed by atoms with Crippen LogP contribution >= 0.6 is 11.3 Å². The lowest BCUT2D eigenvalue weighted by molar-refractivity contribution is 0.403. The molecule has 5 rings (SSSR count). The first-order valence-corrected chi connectivity index (χ1v) is 14.1. The van der Waals surface area contributed by atoms with Crippen LogP contribution in [-0.4, -0.2) is 15.2 Å². The summed E-state index contributed by atoms with van der Waals surface area (Å²) in [5.74, 6) is 0. The van der Waals surface area contributed by atoms with Crippen molar-refractivity contribution in [3.05, 3.63) is 108 Å². The van der Waals surface area contributed by atoms with Crippen molar-refractivity contribution in [3.63, 3.8) is 0 Å². The lowest BCUT2D eigenvalue weighted by Crippen LogP contribution is -2.16. The molecular formula is C34H36N4S. The summed E-state index contributed by atoms with van der Waals surface area (Å²) < 4.78 is 0. The first kappa shape index (κ1) is 26.5. The molecule has 0 unspecified atom stereocenters. The maximum Gasteiger partial charge on any atom is 0.116 e. The first-order valence-electron chi connectivity index (χ1n) is 13.3. The standard InChI is InChI=1S/C34H36N4S/c1-8-23(17-25(9-2)35-21(3)20-34(5,6)7)24-14-15-30-28(18-24)33(38-37-30)31-19-27-26(11-10-12-29(27)36-31)32-16-13-22(4)39-32/h8-19,35-36H,2-3,20H2,1,4-7H3,(H,37,38)/b23-8+,25-17+. The van der Waals surface area contributed by atoms with Gasteiger partial charge in [0.15, 0.2) is 0 Å². The van der Waals surface area contributed by atoms with Crippen molar-refractivity contribution in [3.8, 4) is 21.8 Å². The molecule has 0 saturated carbocycles. The van der Waals surface area contributed by atoms with Crippen LogP contribution in [-0.2, 0) is 0 Å². The summed E-state index contributed by atoms with van der Waals surface area (Å²) in [5.41, 5.74) is 9.54. The van der Waals surface area contributed by atoms with E-state index in [2.05, 4.69) is 130 Å². The van der Waals surface area contributed by atoms with Crippen LogP contribution in [0.1, 0.15) is 44.6 Å². The number of fused-ring (bicyclic) bond motifs is 2. The molecule has 0 radical (unpaired) electrons. The number of aromatic nitrogens is 3. The molecule has 0 spiro atoms. The Morgan fingerprint density at radius 2 is 1.87 bits per heavy atom. The molecule has 0 aliphatic rings. The zero-order valence-electron chi connectivity index (χ0n) is 23.4. The van der Waals surface area contributed by atoms with Gasteiger partial charge in [-0.3, -0.25) is 5.10 Å². The monoisotopic (exact) mass is 532 g/mol. The van der Waals surface area contributed by atoms with Gasteiger partial charge in [0, 0.05) is 43.0 Å². The Kier molecular flexibility index (Phi) is 7.19. The quantitative estimate of drug-likeness (QED) is 0.174. The zero-order chi connectivity index (χ0) is 27.7. The van der Waals surface area contributed by atoms with Crippen molar-refractivity contribution in [1.29, 1.82) is 0 Å². The second-order valence-electron chi connectivity index (χ2n) is 11.2. The van der Waals surface area contributed by atoms with E-state index in [1.807, 2.05) is 17.4 Å². The number of hydrogen-bond donors (Lipinski definition) is 3. The van der Waals surface area contributed by atoms with Gasteiger partial charge in [0.2, 0.25) is 0 Å². The van der Waals surface area contributed by atoms with Crippen molar-refractivity contribution in [2.45, 2.75) is 41.0 Å². The summed E-state index contributed by atoms with van der Waals surface area (Å²) in [5, 5.41) is 13.7. The average Bonchev–Trinajstić information content (AvgIpc) is 3.62. The number of allylic oxidation sites excluding steroid dienone is 5. The summed E-state index contributed by atoms with van der Waals surface area (Å²) in [7, 11) is 0. The van der Waals surface area contributed by atoms with E-state index < -0.39 is 0 Å². The average molecular weight is 533 g/mol. The highest BCUT2D eigenvalue weighted by Crippen LogP contribution is 2.37. The molecule has 198 valence electrons. The maximum absolute atomic E-state index is 4.72. The molecule has 39 heavy (non-hydrogen) atoms. The number of aryl methyl sites for hydroxylation is 1. The van der Waals surface area contributed by atoms with E-state index >= 15 is 0 Å². The number of nitrogens with one attached hydrogen (secondary N) is 3. The van der Waals surface area contributed by atoms with Crippen LogP contribution in [0.4, 0.5) is 0 Å². The highest BCUT2D eigenvalue weighted by molar-refractivity contribution is 7.15. The Bertz CT molecular complexity index is 1750. The molecule has 0 atom stereocenters. The van der Waals surface area contributed by atoms with Crippen molar-refractivity contribution in [1.82, 2.24) is 20.5 Å². The molecule has 0 fully saturated rings. The van der Waals surface area contributed by atoms with Crippen LogP contribution in [0.3, 0.4) is 0 Å². The first-order chi connectivity index (χ1) is 18.6. The third kappa shape index (κ3) is 5.69. The zero-order valence-corrected chi connectivity index (χ0v) is 24.2. The molecule has 5 heteroatoms. The number of hydrogen-bond acceptors (Lipinski definition) is 3. The van der Waals surface area contributed by atoms with Crippen LogP contribution in [0.5, 0.6) is 0 Å². The Hall–Kier alpha value is -4.09. The molecule has 3 aromatic heterocycles. The van der Waals surface area contributed by atoms with Crippen LogP contribution in [0, 0.1) is 12.3 Å². The molecule has 3 N–H and O–H groups in total. The van der Waals surface area contributed by atoms with Gasteiger partial charge in [-0.25, -0.2) is 0 Å². The SMILES string of the molecule is C=C/C(=C\C(=C/C)c1ccc2[nH]nc(-c3cc4c(-c5ccc(C)s5)cccc4[nH]3)c2c1)NC(=C)CC(C)(C)C. The van der Waals surface area contributed by atoms with E-state index in [1.54, 1.807) is 0 Å². The summed E-state index contributed by atoms with van der Waals surface area (Å²) in [4.78, 5) is 6.20. The second-order valence-corrected chi connectivity index (χ2v) is 12.5. The topological polar surface area (TPSA) is 56.5 Å². The lowest BCUT2D eigenvalue weighted by atomic mass is 9.91. The fraction of sp³-hybridized carbons (Fsp3) is 0.206. The van der Waals surface area contributed by atoms with E-state index in [4.69, 9.17) is 5.10 Å². The molecule has 5 aromatic rings. The van der Waals surface area contributed by atoms with E-state index in [0.29, 0.717) is 0 Å². The number of benzene rings is 2. The molecule has 3 heterocycles. The number of nitrogens with zero attached hydrogens (tertiary/aromatic N) is 1. The number of rotatable bonds is 8. The summed E-state index contributed by atoms with van der Waals surface area (Å²) in [6, 6.07) is 19.5. The fourth-order valence-corrected chi connectivity index (χ4v) is 5.92. The largest absolute Gasteiger partial charge is 0.359 e. The normalized spacial score (nSPS) is 12.8. The number of H-pyrrole nitrogens is 2. The number of thiophene rings is 1. The lowest BCUT2D eigenvalue weighted by Gasteiger charge is -2.21. The van der Waals surface area contributed by atoms with Crippen LogP contribution in [0.25, 0.3) is 49.2 Å². The minimum atomic E-state index is 0.161. The highest BCUT2D eigenvalue weighted by Gasteiger charge is 2.16. The van der Waals surface area contributed by atoms with Gasteiger partial charge in [-0.15, -0.1) is 11.3 Å². The minimum Gasteiger partial charge on any atom is -0.359 e. The van der Waals surface area contributed by atoms with Gasteiger partial charge in [-0.2, -0.15) is 5.10 Å². The molecule has 0 aliphatic carbocycles. The molecule has 0 bridgehead atoms. The van der Waals surface area contributed by atoms with Gasteiger partial charge in [-0.1, -0.05) is 58.2 Å². The molecule has 0 aliphatic heterocycles. The van der Waals surface area contributed by atoms with Crippen molar-refractivity contribution in [2.75, 3.05) is 0 Å².